The maximum atomic E-state index is 13.4. The number of pyridine rings is 1. The van der Waals surface area contributed by atoms with Gasteiger partial charge >= 0.3 is 0 Å². The van der Waals surface area contributed by atoms with Gasteiger partial charge in [0.25, 0.3) is 11.8 Å². The lowest BCUT2D eigenvalue weighted by molar-refractivity contribution is 0.0696. The number of hydrogen-bond acceptors (Lipinski definition) is 6. The molecule has 1 aliphatic heterocycles. The van der Waals surface area contributed by atoms with Gasteiger partial charge in [0.2, 0.25) is 5.89 Å². The highest BCUT2D eigenvalue weighted by Crippen LogP contribution is 2.29. The highest BCUT2D eigenvalue weighted by Gasteiger charge is 2.30. The van der Waals surface area contributed by atoms with E-state index in [0.717, 1.165) is 18.4 Å². The first kappa shape index (κ1) is 19.8. The monoisotopic (exact) mass is 405 g/mol. The lowest BCUT2D eigenvalue weighted by atomic mass is 9.96. The average molecular weight is 405 g/mol. The Morgan fingerprint density at radius 1 is 1.17 bits per heavy atom. The van der Waals surface area contributed by atoms with Crippen LogP contribution in [-0.2, 0) is 0 Å². The molecule has 3 heterocycles. The molecule has 1 aliphatic rings. The van der Waals surface area contributed by atoms with Gasteiger partial charge < -0.3 is 14.7 Å². The van der Waals surface area contributed by atoms with Crippen molar-refractivity contribution in [2.45, 2.75) is 32.6 Å². The number of aromatic nitrogens is 3. The molecule has 1 fully saturated rings. The maximum Gasteiger partial charge on any atom is 0.255 e. The highest BCUT2D eigenvalue weighted by atomic mass is 16.5. The van der Waals surface area contributed by atoms with E-state index in [4.69, 9.17) is 4.52 Å². The lowest BCUT2D eigenvalue weighted by Crippen LogP contribution is -2.39. The molecule has 2 amide bonds. The van der Waals surface area contributed by atoms with Gasteiger partial charge in [0.05, 0.1) is 17.2 Å². The average Bonchev–Trinajstić information content (AvgIpc) is 3.21. The van der Waals surface area contributed by atoms with E-state index in [1.165, 1.54) is 0 Å². The molecule has 30 heavy (non-hydrogen) atoms. The standard InChI is InChI=1S/C22H23N5O3/c1-14-5-3-7-18(19(14)25-20(28)16-8-10-23-11-9-16)22(29)27-12-4-6-17(13-27)21-24-15(2)26-30-21/h3,5,7-11,17H,4,6,12-13H2,1-2H3,(H,25,28). The van der Waals surface area contributed by atoms with Gasteiger partial charge in [-0.1, -0.05) is 17.3 Å². The summed E-state index contributed by atoms with van der Waals surface area (Å²) < 4.78 is 5.32. The second-order valence-corrected chi connectivity index (χ2v) is 7.46. The van der Waals surface area contributed by atoms with Crippen molar-refractivity contribution in [2.24, 2.45) is 0 Å². The fourth-order valence-electron chi connectivity index (χ4n) is 3.71. The van der Waals surface area contributed by atoms with Crippen LogP contribution in [0.15, 0.2) is 47.2 Å². The molecule has 0 radical (unpaired) electrons. The smallest absolute Gasteiger partial charge is 0.255 e. The number of aryl methyl sites for hydroxylation is 2. The minimum Gasteiger partial charge on any atom is -0.339 e. The van der Waals surface area contributed by atoms with E-state index in [9.17, 15) is 9.59 Å². The molecule has 0 aliphatic carbocycles. The van der Waals surface area contributed by atoms with E-state index >= 15 is 0 Å². The fraction of sp³-hybridized carbons (Fsp3) is 0.318. The van der Waals surface area contributed by atoms with E-state index in [-0.39, 0.29) is 17.7 Å². The van der Waals surface area contributed by atoms with Crippen molar-refractivity contribution in [2.75, 3.05) is 18.4 Å². The maximum absolute atomic E-state index is 13.4. The summed E-state index contributed by atoms with van der Waals surface area (Å²) in [7, 11) is 0. The molecule has 4 rings (SSSR count). The summed E-state index contributed by atoms with van der Waals surface area (Å²) in [6, 6.07) is 8.72. The van der Waals surface area contributed by atoms with Crippen LogP contribution < -0.4 is 5.32 Å². The van der Waals surface area contributed by atoms with Gasteiger partial charge in [0.15, 0.2) is 5.82 Å². The van der Waals surface area contributed by atoms with Gasteiger partial charge in [-0.2, -0.15) is 4.98 Å². The molecule has 8 nitrogen and oxygen atoms in total. The molecule has 1 aromatic carbocycles. The Morgan fingerprint density at radius 3 is 2.70 bits per heavy atom. The van der Waals surface area contributed by atoms with E-state index in [2.05, 4.69) is 20.4 Å². The molecule has 1 unspecified atom stereocenters. The summed E-state index contributed by atoms with van der Waals surface area (Å²) in [5, 5.41) is 6.77. The predicted molar refractivity (Wildman–Crippen MR) is 110 cm³/mol. The number of likely N-dealkylation sites (tertiary alicyclic amines) is 1. The van der Waals surface area contributed by atoms with Crippen molar-refractivity contribution in [3.8, 4) is 0 Å². The topological polar surface area (TPSA) is 101 Å². The number of para-hydroxylation sites is 1. The molecule has 0 saturated carbocycles. The van der Waals surface area contributed by atoms with Crippen molar-refractivity contribution < 1.29 is 14.1 Å². The van der Waals surface area contributed by atoms with Gasteiger partial charge in [0, 0.05) is 31.0 Å². The number of carbonyl (C=O) groups excluding carboxylic acids is 2. The Hall–Kier alpha value is -3.55. The number of amides is 2. The fourth-order valence-corrected chi connectivity index (χ4v) is 3.71. The summed E-state index contributed by atoms with van der Waals surface area (Å²) in [5.41, 5.74) is 2.31. The number of hydrogen-bond donors (Lipinski definition) is 1. The first-order valence-electron chi connectivity index (χ1n) is 9.93. The van der Waals surface area contributed by atoms with Crippen molar-refractivity contribution >= 4 is 17.5 Å². The first-order chi connectivity index (χ1) is 14.5. The van der Waals surface area contributed by atoms with Crippen molar-refractivity contribution in [1.29, 1.82) is 0 Å². The molecule has 1 N–H and O–H groups in total. The summed E-state index contributed by atoms with van der Waals surface area (Å²) in [6.45, 7) is 4.81. The third-order valence-corrected chi connectivity index (χ3v) is 5.29. The van der Waals surface area contributed by atoms with E-state index in [1.54, 1.807) is 42.4 Å². The highest BCUT2D eigenvalue weighted by molar-refractivity contribution is 6.09. The number of carbonyl (C=O) groups is 2. The quantitative estimate of drug-likeness (QED) is 0.714. The number of rotatable bonds is 4. The number of piperidine rings is 1. The Balaban J connectivity index is 1.56. The van der Waals surface area contributed by atoms with Crippen molar-refractivity contribution in [1.82, 2.24) is 20.0 Å². The van der Waals surface area contributed by atoms with E-state index in [0.29, 0.717) is 41.6 Å². The van der Waals surface area contributed by atoms with Crippen LogP contribution in [0.1, 0.15) is 56.8 Å². The zero-order chi connectivity index (χ0) is 21.1. The Bertz CT molecular complexity index is 1060. The van der Waals surface area contributed by atoms with E-state index in [1.807, 2.05) is 19.1 Å². The van der Waals surface area contributed by atoms with Crippen molar-refractivity contribution in [3.05, 3.63) is 71.1 Å². The number of benzene rings is 1. The number of nitrogens with one attached hydrogen (secondary N) is 1. The summed E-state index contributed by atoms with van der Waals surface area (Å²) in [5.74, 6) is 0.778. The Labute approximate surface area is 174 Å². The molecule has 3 aromatic rings. The van der Waals surface area contributed by atoms with Crippen LogP contribution in [0.4, 0.5) is 5.69 Å². The van der Waals surface area contributed by atoms with Crippen LogP contribution in [-0.4, -0.2) is 44.9 Å². The van der Waals surface area contributed by atoms with Crippen LogP contribution >= 0.6 is 0 Å². The summed E-state index contributed by atoms with van der Waals surface area (Å²) >= 11 is 0. The van der Waals surface area contributed by atoms with Crippen LogP contribution in [0.3, 0.4) is 0 Å². The number of anilines is 1. The predicted octanol–water partition coefficient (Wildman–Crippen LogP) is 3.35. The van der Waals surface area contributed by atoms with Crippen LogP contribution in [0.2, 0.25) is 0 Å². The molecule has 0 spiro atoms. The van der Waals surface area contributed by atoms with Crippen LogP contribution in [0.25, 0.3) is 0 Å². The second-order valence-electron chi connectivity index (χ2n) is 7.46. The zero-order valence-electron chi connectivity index (χ0n) is 17.0. The van der Waals surface area contributed by atoms with Crippen LogP contribution in [0, 0.1) is 13.8 Å². The summed E-state index contributed by atoms with van der Waals surface area (Å²) in [6.07, 6.45) is 4.87. The molecule has 8 heteroatoms. The Morgan fingerprint density at radius 2 is 1.97 bits per heavy atom. The molecule has 154 valence electrons. The normalized spacial score (nSPS) is 16.3. The lowest BCUT2D eigenvalue weighted by Gasteiger charge is -2.31. The van der Waals surface area contributed by atoms with Gasteiger partial charge in [-0.25, -0.2) is 0 Å². The summed E-state index contributed by atoms with van der Waals surface area (Å²) in [4.78, 5) is 36.1. The van der Waals surface area contributed by atoms with Gasteiger partial charge in [-0.15, -0.1) is 0 Å². The van der Waals surface area contributed by atoms with Gasteiger partial charge in [-0.05, 0) is 50.5 Å². The first-order valence-corrected chi connectivity index (χ1v) is 9.93. The SMILES string of the molecule is Cc1noc(C2CCCN(C(=O)c3cccc(C)c3NC(=O)c3ccncc3)C2)n1. The van der Waals surface area contributed by atoms with Crippen molar-refractivity contribution in [3.63, 3.8) is 0 Å². The molecular weight excluding hydrogens is 382 g/mol. The second kappa shape index (κ2) is 8.44. The minimum absolute atomic E-state index is 0.0172. The molecule has 0 bridgehead atoms. The van der Waals surface area contributed by atoms with E-state index < -0.39 is 0 Å². The molecule has 1 saturated heterocycles. The third kappa shape index (κ3) is 4.07. The van der Waals surface area contributed by atoms with Gasteiger partial charge in [-0.3, -0.25) is 14.6 Å². The zero-order valence-corrected chi connectivity index (χ0v) is 17.0. The number of nitrogens with zero attached hydrogens (tertiary/aromatic N) is 4. The third-order valence-electron chi connectivity index (χ3n) is 5.29. The molecule has 1 atom stereocenters. The molecule has 2 aromatic heterocycles. The minimum atomic E-state index is -0.279. The van der Waals surface area contributed by atoms with Crippen LogP contribution in [0.5, 0.6) is 0 Å². The molecular formula is C22H23N5O3. The van der Waals surface area contributed by atoms with Gasteiger partial charge in [0.1, 0.15) is 0 Å². The Kier molecular flexibility index (Phi) is 5.56. The largest absolute Gasteiger partial charge is 0.339 e.